The molecule has 1 saturated heterocycles. The molecule has 1 aliphatic rings. The second-order valence-electron chi connectivity index (χ2n) is 8.43. The van der Waals surface area contributed by atoms with Gasteiger partial charge in [0.25, 0.3) is 0 Å². The van der Waals surface area contributed by atoms with Crippen molar-refractivity contribution in [3.8, 4) is 11.5 Å². The third-order valence-electron chi connectivity index (χ3n) is 5.92. The lowest BCUT2D eigenvalue weighted by atomic mass is 10.1. The lowest BCUT2D eigenvalue weighted by molar-refractivity contribution is -0.139. The summed E-state index contributed by atoms with van der Waals surface area (Å²) >= 11 is 5.75. The maximum atomic E-state index is 14.3. The van der Waals surface area contributed by atoms with E-state index in [1.54, 1.807) is 0 Å². The Hall–Kier alpha value is -4.00. The first-order valence-electron chi connectivity index (χ1n) is 11.2. The number of ether oxygens (including phenoxy) is 2. The fraction of sp³-hybridized carbons (Fsp3) is 0.292. The molecule has 0 bridgehead atoms. The smallest absolute Gasteiger partial charge is 0.410 e. The zero-order chi connectivity index (χ0) is 27.6. The van der Waals surface area contributed by atoms with Crippen LogP contribution in [0.4, 0.5) is 22.4 Å². The number of hydrogen-bond donors (Lipinski definition) is 2. The van der Waals surface area contributed by atoms with Crippen LogP contribution < -0.4 is 20.5 Å². The fourth-order valence-corrected chi connectivity index (χ4v) is 4.46. The Bertz CT molecular complexity index is 1390. The average molecular weight is 557 g/mol. The van der Waals surface area contributed by atoms with Gasteiger partial charge in [-0.3, -0.25) is 9.59 Å². The molecule has 0 radical (unpaired) electrons. The number of likely N-dealkylation sites (tertiary alicyclic amines) is 1. The molecular weight excluding hydrogens is 536 g/mol. The van der Waals surface area contributed by atoms with Crippen LogP contribution in [-0.4, -0.2) is 52.7 Å². The van der Waals surface area contributed by atoms with Crippen molar-refractivity contribution in [1.29, 1.82) is 0 Å². The van der Waals surface area contributed by atoms with Crippen LogP contribution in [0.2, 0.25) is 5.02 Å². The molecule has 0 unspecified atom stereocenters. The van der Waals surface area contributed by atoms with Crippen molar-refractivity contribution in [2.24, 2.45) is 5.73 Å². The second kappa shape index (κ2) is 11.2. The molecule has 0 spiro atoms. The number of nitrogens with one attached hydrogen (secondary N) is 1. The van der Waals surface area contributed by atoms with Gasteiger partial charge in [0.1, 0.15) is 30.3 Å². The van der Waals surface area contributed by atoms with Crippen LogP contribution >= 0.6 is 11.6 Å². The SMILES string of the molecule is NC(=O)Oc1cn(CC(=O)N2C[C@H](F)C[C@H]2C(=O)NCc2cccc(Cl)c2F)c2cc(OC(F)F)ccc12. The van der Waals surface area contributed by atoms with Gasteiger partial charge >= 0.3 is 12.7 Å². The fourth-order valence-electron chi connectivity index (χ4n) is 4.27. The Morgan fingerprint density at radius 1 is 1.21 bits per heavy atom. The Morgan fingerprint density at radius 3 is 2.68 bits per heavy atom. The van der Waals surface area contributed by atoms with Gasteiger partial charge in [0.2, 0.25) is 11.8 Å². The summed E-state index contributed by atoms with van der Waals surface area (Å²) in [6.07, 6.45) is -1.65. The molecule has 0 aliphatic carbocycles. The van der Waals surface area contributed by atoms with Crippen LogP contribution in [0.5, 0.6) is 11.5 Å². The van der Waals surface area contributed by atoms with Gasteiger partial charge in [-0.05, 0) is 18.2 Å². The number of carbonyl (C=O) groups excluding carboxylic acids is 3. The summed E-state index contributed by atoms with van der Waals surface area (Å²) in [5.74, 6) is -2.35. The maximum Gasteiger partial charge on any atom is 0.410 e. The van der Waals surface area contributed by atoms with E-state index in [2.05, 4.69) is 10.1 Å². The number of hydrogen-bond acceptors (Lipinski definition) is 5. The monoisotopic (exact) mass is 556 g/mol. The third kappa shape index (κ3) is 5.93. The molecule has 4 rings (SSSR count). The lowest BCUT2D eigenvalue weighted by Crippen LogP contribution is -2.46. The van der Waals surface area contributed by atoms with Gasteiger partial charge in [-0.25, -0.2) is 13.6 Å². The molecule has 1 fully saturated rings. The van der Waals surface area contributed by atoms with Crippen molar-refractivity contribution in [1.82, 2.24) is 14.8 Å². The highest BCUT2D eigenvalue weighted by Gasteiger charge is 2.39. The van der Waals surface area contributed by atoms with Gasteiger partial charge in [0, 0.05) is 36.2 Å². The zero-order valence-corrected chi connectivity index (χ0v) is 20.3. The van der Waals surface area contributed by atoms with E-state index >= 15 is 0 Å². The summed E-state index contributed by atoms with van der Waals surface area (Å²) in [5, 5.41) is 2.63. The van der Waals surface area contributed by atoms with Crippen molar-refractivity contribution in [2.75, 3.05) is 6.54 Å². The van der Waals surface area contributed by atoms with Gasteiger partial charge in [0.05, 0.1) is 17.1 Å². The molecular formula is C24H21ClF4N4O5. The average Bonchev–Trinajstić information content (AvgIpc) is 3.39. The summed E-state index contributed by atoms with van der Waals surface area (Å²) in [6.45, 7) is -4.17. The molecule has 202 valence electrons. The predicted octanol–water partition coefficient (Wildman–Crippen LogP) is 3.75. The largest absolute Gasteiger partial charge is 0.435 e. The van der Waals surface area contributed by atoms with Crippen molar-refractivity contribution >= 4 is 40.4 Å². The van der Waals surface area contributed by atoms with E-state index in [4.69, 9.17) is 22.1 Å². The lowest BCUT2D eigenvalue weighted by Gasteiger charge is -2.24. The van der Waals surface area contributed by atoms with E-state index < -0.39 is 49.1 Å². The molecule has 3 amide bonds. The summed E-state index contributed by atoms with van der Waals surface area (Å²) in [7, 11) is 0. The van der Waals surface area contributed by atoms with Crippen molar-refractivity contribution < 1.29 is 41.4 Å². The molecule has 2 atom stereocenters. The molecule has 2 aromatic carbocycles. The van der Waals surface area contributed by atoms with Crippen molar-refractivity contribution in [3.05, 3.63) is 59.0 Å². The van der Waals surface area contributed by atoms with Gasteiger partial charge in [-0.2, -0.15) is 8.78 Å². The van der Waals surface area contributed by atoms with Gasteiger partial charge in [-0.15, -0.1) is 0 Å². The minimum Gasteiger partial charge on any atom is -0.435 e. The number of benzene rings is 2. The molecule has 2 heterocycles. The zero-order valence-electron chi connectivity index (χ0n) is 19.5. The van der Waals surface area contributed by atoms with Crippen LogP contribution in [0.1, 0.15) is 12.0 Å². The quantitative estimate of drug-likeness (QED) is 0.410. The highest BCUT2D eigenvalue weighted by Crippen LogP contribution is 2.32. The molecule has 9 nitrogen and oxygen atoms in total. The van der Waals surface area contributed by atoms with E-state index in [1.165, 1.54) is 47.2 Å². The Kier molecular flexibility index (Phi) is 7.95. The van der Waals surface area contributed by atoms with E-state index in [-0.39, 0.29) is 52.5 Å². The second-order valence-corrected chi connectivity index (χ2v) is 8.83. The Balaban J connectivity index is 1.54. The molecule has 38 heavy (non-hydrogen) atoms. The van der Waals surface area contributed by atoms with Crippen molar-refractivity contribution in [3.63, 3.8) is 0 Å². The van der Waals surface area contributed by atoms with Gasteiger partial charge in [-0.1, -0.05) is 23.7 Å². The summed E-state index contributed by atoms with van der Waals surface area (Å²) in [5.41, 5.74) is 5.38. The van der Waals surface area contributed by atoms with Crippen LogP contribution in [0.3, 0.4) is 0 Å². The highest BCUT2D eigenvalue weighted by atomic mass is 35.5. The normalized spacial score (nSPS) is 17.2. The van der Waals surface area contributed by atoms with E-state index in [0.29, 0.717) is 0 Å². The predicted molar refractivity (Wildman–Crippen MR) is 127 cm³/mol. The minimum atomic E-state index is -3.11. The van der Waals surface area contributed by atoms with Crippen LogP contribution in [-0.2, 0) is 22.7 Å². The number of fused-ring (bicyclic) bond motifs is 1. The van der Waals surface area contributed by atoms with E-state index in [1.807, 2.05) is 0 Å². The molecule has 1 aliphatic heterocycles. The van der Waals surface area contributed by atoms with E-state index in [0.717, 1.165) is 4.90 Å². The third-order valence-corrected chi connectivity index (χ3v) is 6.21. The number of alkyl halides is 3. The number of halogens is 5. The number of rotatable bonds is 8. The molecule has 1 aromatic heterocycles. The molecule has 3 N–H and O–H groups in total. The van der Waals surface area contributed by atoms with E-state index in [9.17, 15) is 31.9 Å². The van der Waals surface area contributed by atoms with Crippen LogP contribution in [0.25, 0.3) is 10.9 Å². The van der Waals surface area contributed by atoms with Crippen LogP contribution in [0.15, 0.2) is 42.6 Å². The number of nitrogens with zero attached hydrogens (tertiary/aromatic N) is 2. The first-order chi connectivity index (χ1) is 18.0. The highest BCUT2D eigenvalue weighted by molar-refractivity contribution is 6.30. The number of carbonyl (C=O) groups is 3. The number of nitrogens with two attached hydrogens (primary N) is 1. The van der Waals surface area contributed by atoms with Crippen molar-refractivity contribution in [2.45, 2.75) is 38.3 Å². The first kappa shape index (κ1) is 27.0. The Labute approximate surface area is 218 Å². The Morgan fingerprint density at radius 2 is 1.97 bits per heavy atom. The topological polar surface area (TPSA) is 116 Å². The molecule has 0 saturated carbocycles. The number of aromatic nitrogens is 1. The van der Waals surface area contributed by atoms with Gasteiger partial charge < -0.3 is 30.0 Å². The number of amides is 3. The van der Waals surface area contributed by atoms with Crippen LogP contribution in [0, 0.1) is 5.82 Å². The molecule has 14 heteroatoms. The summed E-state index contributed by atoms with van der Waals surface area (Å²) in [6, 6.07) is 6.85. The standard InChI is InChI=1S/C24H21ClF4N4O5/c25-16-3-1-2-12(21(16)27)8-31-22(35)18-6-13(26)9-33(18)20(34)11-32-10-19(38-24(30)36)15-5-4-14(7-17(15)32)37-23(28)29/h1-5,7,10,13,18,23H,6,8-9,11H2,(H2,30,36)(H,31,35)/t13-,18+/m1/s1. The summed E-state index contributed by atoms with van der Waals surface area (Å²) in [4.78, 5) is 38.3. The van der Waals surface area contributed by atoms with Gasteiger partial charge in [0.15, 0.2) is 5.75 Å². The molecule has 3 aromatic rings. The first-order valence-corrected chi connectivity index (χ1v) is 11.6. The summed E-state index contributed by atoms with van der Waals surface area (Å²) < 4.78 is 64.5. The minimum absolute atomic E-state index is 0.0495. The number of primary amides is 1. The maximum absolute atomic E-state index is 14.3.